The van der Waals surface area contributed by atoms with Crippen LogP contribution in [0.15, 0.2) is 83.1 Å². The number of benzene rings is 1. The largest absolute Gasteiger partial charge is 0.310 e. The Morgan fingerprint density at radius 2 is 1.84 bits per heavy atom. The fraction of sp³-hybridized carbons (Fsp3) is 0.136. The zero-order chi connectivity index (χ0) is 22.7. The summed E-state index contributed by atoms with van der Waals surface area (Å²) in [7, 11) is -3.84. The Bertz CT molecular complexity index is 1370. The molecule has 1 amide bonds. The average Bonchev–Trinajstić information content (AvgIpc) is 3.30. The Labute approximate surface area is 185 Å². The van der Waals surface area contributed by atoms with Crippen LogP contribution < -0.4 is 5.32 Å². The van der Waals surface area contributed by atoms with Gasteiger partial charge in [-0.1, -0.05) is 18.2 Å². The van der Waals surface area contributed by atoms with Crippen LogP contribution in [0.5, 0.6) is 0 Å². The third-order valence-electron chi connectivity index (χ3n) is 4.67. The first kappa shape index (κ1) is 21.3. The number of carbonyl (C=O) groups is 1. The van der Waals surface area contributed by atoms with E-state index >= 15 is 0 Å². The molecule has 0 atom stereocenters. The van der Waals surface area contributed by atoms with E-state index < -0.39 is 15.7 Å². The molecule has 0 aliphatic rings. The molecule has 3 aromatic heterocycles. The number of hydrogen-bond donors (Lipinski definition) is 1. The predicted octanol–water partition coefficient (Wildman–Crippen LogP) is 3.40. The van der Waals surface area contributed by atoms with Gasteiger partial charge in [0.15, 0.2) is 10.9 Å². The van der Waals surface area contributed by atoms with E-state index in [0.29, 0.717) is 17.3 Å². The van der Waals surface area contributed by atoms with E-state index in [1.807, 2.05) is 18.4 Å². The fourth-order valence-electron chi connectivity index (χ4n) is 3.05. The van der Waals surface area contributed by atoms with Crippen LogP contribution in [0.1, 0.15) is 30.2 Å². The Morgan fingerprint density at radius 3 is 2.59 bits per heavy atom. The van der Waals surface area contributed by atoms with Crippen molar-refractivity contribution in [2.45, 2.75) is 29.8 Å². The minimum absolute atomic E-state index is 0.0180. The Morgan fingerprint density at radius 1 is 1.03 bits per heavy atom. The number of nitrogens with one attached hydrogen (secondary N) is 1. The second-order valence-electron chi connectivity index (χ2n) is 7.22. The van der Waals surface area contributed by atoms with Gasteiger partial charge in [0.05, 0.1) is 4.90 Å². The topological polar surface area (TPSA) is 120 Å². The third-order valence-corrected chi connectivity index (χ3v) is 6.34. The van der Waals surface area contributed by atoms with E-state index in [9.17, 15) is 13.2 Å². The Balaban J connectivity index is 1.59. The summed E-state index contributed by atoms with van der Waals surface area (Å²) in [6.07, 6.45) is 3.03. The maximum absolute atomic E-state index is 12.8. The molecule has 162 valence electrons. The maximum Gasteiger partial charge on any atom is 0.256 e. The molecule has 0 spiro atoms. The molecular formula is C22H20N6O3S. The van der Waals surface area contributed by atoms with Crippen LogP contribution >= 0.6 is 0 Å². The van der Waals surface area contributed by atoms with Crippen LogP contribution in [0.3, 0.4) is 0 Å². The lowest BCUT2D eigenvalue weighted by molar-refractivity contribution is 0.102. The lowest BCUT2D eigenvalue weighted by Crippen LogP contribution is -2.14. The van der Waals surface area contributed by atoms with Crippen molar-refractivity contribution in [2.75, 3.05) is 5.32 Å². The average molecular weight is 449 g/mol. The summed E-state index contributed by atoms with van der Waals surface area (Å²) in [6, 6.07) is 15.7. The molecule has 3 heterocycles. The van der Waals surface area contributed by atoms with E-state index in [1.165, 1.54) is 36.5 Å². The number of amides is 1. The second-order valence-corrected chi connectivity index (χ2v) is 9.11. The van der Waals surface area contributed by atoms with Gasteiger partial charge in [0.2, 0.25) is 9.84 Å². The third kappa shape index (κ3) is 4.26. The van der Waals surface area contributed by atoms with E-state index in [2.05, 4.69) is 25.5 Å². The van der Waals surface area contributed by atoms with E-state index in [4.69, 9.17) is 0 Å². The zero-order valence-electron chi connectivity index (χ0n) is 17.4. The molecule has 0 saturated heterocycles. The molecule has 32 heavy (non-hydrogen) atoms. The number of nitrogens with zero attached hydrogens (tertiary/aromatic N) is 5. The number of sulfone groups is 1. The molecule has 1 N–H and O–H groups in total. The normalized spacial score (nSPS) is 11.5. The van der Waals surface area contributed by atoms with Crippen molar-refractivity contribution < 1.29 is 13.2 Å². The van der Waals surface area contributed by atoms with Gasteiger partial charge in [0.25, 0.3) is 5.91 Å². The van der Waals surface area contributed by atoms with Gasteiger partial charge in [-0.15, -0.1) is 10.2 Å². The van der Waals surface area contributed by atoms with Gasteiger partial charge in [0, 0.05) is 17.8 Å². The lowest BCUT2D eigenvalue weighted by atomic mass is 10.2. The highest BCUT2D eigenvalue weighted by Gasteiger charge is 2.20. The van der Waals surface area contributed by atoms with Gasteiger partial charge in [0.1, 0.15) is 17.8 Å². The molecule has 4 rings (SSSR count). The highest BCUT2D eigenvalue weighted by Crippen LogP contribution is 2.22. The number of carbonyl (C=O) groups excluding carboxylic acids is 1. The summed E-state index contributed by atoms with van der Waals surface area (Å²) in [5, 5.41) is 10.7. The van der Waals surface area contributed by atoms with Gasteiger partial charge in [-0.2, -0.15) is 0 Å². The van der Waals surface area contributed by atoms with Gasteiger partial charge in [-0.3, -0.25) is 4.79 Å². The molecule has 0 unspecified atom stereocenters. The number of anilines is 1. The Kier molecular flexibility index (Phi) is 5.78. The van der Waals surface area contributed by atoms with Crippen molar-refractivity contribution in [1.82, 2.24) is 24.7 Å². The highest BCUT2D eigenvalue weighted by atomic mass is 32.2. The van der Waals surface area contributed by atoms with Crippen LogP contribution in [0, 0.1) is 0 Å². The van der Waals surface area contributed by atoms with Crippen LogP contribution in [0.4, 0.5) is 5.82 Å². The molecule has 10 heteroatoms. The number of hydrogen-bond acceptors (Lipinski definition) is 7. The summed E-state index contributed by atoms with van der Waals surface area (Å²) < 4.78 is 27.5. The quantitative estimate of drug-likeness (QED) is 0.480. The second kappa shape index (κ2) is 8.67. The van der Waals surface area contributed by atoms with E-state index in [0.717, 1.165) is 0 Å². The molecule has 0 radical (unpaired) electrons. The van der Waals surface area contributed by atoms with Gasteiger partial charge in [-0.25, -0.2) is 18.4 Å². The van der Waals surface area contributed by atoms with Crippen molar-refractivity contribution in [1.29, 1.82) is 0 Å². The number of pyridine rings is 2. The van der Waals surface area contributed by atoms with Crippen molar-refractivity contribution in [3.63, 3.8) is 0 Å². The minimum Gasteiger partial charge on any atom is -0.310 e. The predicted molar refractivity (Wildman–Crippen MR) is 118 cm³/mol. The molecule has 9 nitrogen and oxygen atoms in total. The van der Waals surface area contributed by atoms with Crippen LogP contribution in [-0.4, -0.2) is 39.1 Å². The lowest BCUT2D eigenvalue weighted by Gasteiger charge is -2.11. The molecule has 0 fully saturated rings. The first-order valence-corrected chi connectivity index (χ1v) is 11.3. The van der Waals surface area contributed by atoms with Gasteiger partial charge >= 0.3 is 0 Å². The van der Waals surface area contributed by atoms with Crippen molar-refractivity contribution >= 4 is 21.6 Å². The van der Waals surface area contributed by atoms with Crippen molar-refractivity contribution in [3.8, 4) is 11.5 Å². The van der Waals surface area contributed by atoms with E-state index in [1.54, 1.807) is 36.7 Å². The van der Waals surface area contributed by atoms with Crippen LogP contribution in [-0.2, 0) is 9.84 Å². The van der Waals surface area contributed by atoms with E-state index in [-0.39, 0.29) is 21.5 Å². The molecular weight excluding hydrogens is 428 g/mol. The molecule has 0 bridgehead atoms. The van der Waals surface area contributed by atoms with Gasteiger partial charge < -0.3 is 9.88 Å². The number of aromatic nitrogens is 5. The van der Waals surface area contributed by atoms with Crippen molar-refractivity contribution in [3.05, 3.63) is 78.8 Å². The SMILES string of the molecule is CC(C)n1cnnc1-c1cccc(NC(=O)c2cccc(S(=O)(=O)c3ccccn3)c2)n1. The fourth-order valence-corrected chi connectivity index (χ4v) is 4.29. The summed E-state index contributed by atoms with van der Waals surface area (Å²) in [4.78, 5) is 21.2. The summed E-state index contributed by atoms with van der Waals surface area (Å²) in [6.45, 7) is 4.01. The first-order chi connectivity index (χ1) is 15.4. The molecule has 0 aliphatic heterocycles. The highest BCUT2D eigenvalue weighted by molar-refractivity contribution is 7.91. The van der Waals surface area contributed by atoms with Crippen LogP contribution in [0.2, 0.25) is 0 Å². The molecule has 0 aliphatic carbocycles. The standard InChI is InChI=1S/C22H20N6O3S/c1-15(2)28-14-24-27-21(28)18-9-6-10-19(25-18)26-22(29)16-7-5-8-17(13-16)32(30,31)20-11-3-4-12-23-20/h3-15H,1-2H3,(H,25,26,29). The summed E-state index contributed by atoms with van der Waals surface area (Å²) in [5.41, 5.74) is 0.736. The van der Waals surface area contributed by atoms with Gasteiger partial charge in [-0.05, 0) is 56.3 Å². The minimum atomic E-state index is -3.84. The first-order valence-electron chi connectivity index (χ1n) is 9.81. The molecule has 4 aromatic rings. The smallest absolute Gasteiger partial charge is 0.256 e. The maximum atomic E-state index is 12.8. The summed E-state index contributed by atoms with van der Waals surface area (Å²) in [5.74, 6) is 0.404. The van der Waals surface area contributed by atoms with Crippen LogP contribution in [0.25, 0.3) is 11.5 Å². The monoisotopic (exact) mass is 448 g/mol. The Hall–Kier alpha value is -3.92. The number of rotatable bonds is 6. The molecule has 1 aromatic carbocycles. The summed E-state index contributed by atoms with van der Waals surface area (Å²) >= 11 is 0. The molecule has 0 saturated carbocycles. The van der Waals surface area contributed by atoms with Crippen molar-refractivity contribution in [2.24, 2.45) is 0 Å². The zero-order valence-corrected chi connectivity index (χ0v) is 18.2.